The van der Waals surface area contributed by atoms with E-state index >= 15 is 0 Å². The summed E-state index contributed by atoms with van der Waals surface area (Å²) in [7, 11) is 2.18. The first-order valence-electron chi connectivity index (χ1n) is 9.78. The number of hydrogen-bond donors (Lipinski definition) is 2. The molecule has 29 heavy (non-hydrogen) atoms. The van der Waals surface area contributed by atoms with Gasteiger partial charge in [0.2, 0.25) is 0 Å². The third-order valence-electron chi connectivity index (χ3n) is 5.13. The largest absolute Gasteiger partial charge is 0.357 e. The van der Waals surface area contributed by atoms with Gasteiger partial charge in [-0.25, -0.2) is 13.8 Å². The summed E-state index contributed by atoms with van der Waals surface area (Å²) in [5.41, 5.74) is 0.256. The molecule has 2 atom stereocenters. The van der Waals surface area contributed by atoms with Crippen LogP contribution in [0.5, 0.6) is 0 Å². The lowest BCUT2D eigenvalue weighted by Crippen LogP contribution is -2.44. The topological polar surface area (TPSA) is 39.7 Å². The van der Waals surface area contributed by atoms with Gasteiger partial charge >= 0.3 is 0 Å². The Morgan fingerprint density at radius 3 is 2.83 bits per heavy atom. The fourth-order valence-electron chi connectivity index (χ4n) is 3.78. The predicted octanol–water partition coefficient (Wildman–Crippen LogP) is 4.78. The standard InChI is InChI=1S/C21H28F2N4S.HI/c1-3-24-21(26-14-16-12-17(22)8-9-18(16)23)25-13-15-6-4-10-27(2)20(15)19-7-5-11-28-19;/h5,7-9,11-12,15,20H,3-4,6,10,13-14H2,1-2H3,(H2,24,25,26);1H. The highest BCUT2D eigenvalue weighted by Gasteiger charge is 2.31. The molecule has 0 spiro atoms. The Morgan fingerprint density at radius 1 is 1.28 bits per heavy atom. The molecule has 1 aliphatic rings. The van der Waals surface area contributed by atoms with E-state index in [0.29, 0.717) is 24.5 Å². The van der Waals surface area contributed by atoms with Crippen LogP contribution in [-0.4, -0.2) is 37.5 Å². The fraction of sp³-hybridized carbons (Fsp3) is 0.476. The lowest BCUT2D eigenvalue weighted by atomic mass is 9.88. The van der Waals surface area contributed by atoms with Gasteiger partial charge in [0.25, 0.3) is 0 Å². The molecule has 0 saturated carbocycles. The number of piperidine rings is 1. The molecule has 2 N–H and O–H groups in total. The molecule has 2 aromatic rings. The molecule has 2 heterocycles. The Bertz CT molecular complexity index is 785. The van der Waals surface area contributed by atoms with Crippen LogP contribution in [0.4, 0.5) is 8.78 Å². The Morgan fingerprint density at radius 2 is 2.10 bits per heavy atom. The number of nitrogens with one attached hydrogen (secondary N) is 2. The molecule has 2 unspecified atom stereocenters. The van der Waals surface area contributed by atoms with E-state index in [-0.39, 0.29) is 36.1 Å². The van der Waals surface area contributed by atoms with E-state index in [1.165, 1.54) is 17.4 Å². The summed E-state index contributed by atoms with van der Waals surface area (Å²) < 4.78 is 27.2. The summed E-state index contributed by atoms with van der Waals surface area (Å²) in [5, 5.41) is 8.73. The third-order valence-corrected chi connectivity index (χ3v) is 6.08. The maximum atomic E-state index is 13.9. The molecule has 0 amide bonds. The molecule has 4 nitrogen and oxygen atoms in total. The second-order valence-corrected chi connectivity index (χ2v) is 8.13. The summed E-state index contributed by atoms with van der Waals surface area (Å²) >= 11 is 1.80. The number of benzene rings is 1. The van der Waals surface area contributed by atoms with Crippen LogP contribution in [0.25, 0.3) is 0 Å². The number of hydrogen-bond acceptors (Lipinski definition) is 3. The zero-order valence-corrected chi connectivity index (χ0v) is 20.0. The van der Waals surface area contributed by atoms with Crippen molar-refractivity contribution in [3.8, 4) is 0 Å². The number of rotatable bonds is 6. The van der Waals surface area contributed by atoms with Crippen LogP contribution in [-0.2, 0) is 6.54 Å². The van der Waals surface area contributed by atoms with Gasteiger partial charge in [0.15, 0.2) is 5.96 Å². The number of thiophene rings is 1. The van der Waals surface area contributed by atoms with Crippen molar-refractivity contribution in [2.45, 2.75) is 32.4 Å². The number of guanidine groups is 1. The second-order valence-electron chi connectivity index (χ2n) is 7.15. The predicted molar refractivity (Wildman–Crippen MR) is 127 cm³/mol. The SMILES string of the molecule is CCNC(=NCc1cc(F)ccc1F)NCC1CCCN(C)C1c1cccs1.I. The Kier molecular flexibility index (Phi) is 9.78. The van der Waals surface area contributed by atoms with Gasteiger partial charge in [-0.15, -0.1) is 35.3 Å². The van der Waals surface area contributed by atoms with Crippen LogP contribution in [0.15, 0.2) is 40.7 Å². The number of halogens is 3. The highest BCUT2D eigenvalue weighted by molar-refractivity contribution is 14.0. The Hall–Kier alpha value is -1.26. The van der Waals surface area contributed by atoms with Crippen molar-refractivity contribution < 1.29 is 8.78 Å². The molecule has 0 radical (unpaired) electrons. The smallest absolute Gasteiger partial charge is 0.191 e. The van der Waals surface area contributed by atoms with Crippen LogP contribution in [0.3, 0.4) is 0 Å². The molecule has 160 valence electrons. The van der Waals surface area contributed by atoms with Crippen molar-refractivity contribution in [1.29, 1.82) is 0 Å². The Balaban J connectivity index is 0.00000300. The van der Waals surface area contributed by atoms with Gasteiger partial charge in [0.1, 0.15) is 11.6 Å². The minimum atomic E-state index is -0.450. The lowest BCUT2D eigenvalue weighted by Gasteiger charge is -2.39. The third kappa shape index (κ3) is 6.62. The number of aliphatic imine (C=N–C) groups is 1. The van der Waals surface area contributed by atoms with E-state index in [4.69, 9.17) is 0 Å². The molecule has 1 aliphatic heterocycles. The molecule has 0 aliphatic carbocycles. The first kappa shape index (κ1) is 24.0. The molecule has 1 saturated heterocycles. The van der Waals surface area contributed by atoms with E-state index in [9.17, 15) is 8.78 Å². The minimum absolute atomic E-state index is 0. The van der Waals surface area contributed by atoms with Gasteiger partial charge in [-0.2, -0.15) is 0 Å². The monoisotopic (exact) mass is 534 g/mol. The summed E-state index contributed by atoms with van der Waals surface area (Å²) in [4.78, 5) is 8.26. The minimum Gasteiger partial charge on any atom is -0.357 e. The summed E-state index contributed by atoms with van der Waals surface area (Å²) in [6.45, 7) is 4.67. The average Bonchev–Trinajstić information content (AvgIpc) is 3.20. The van der Waals surface area contributed by atoms with Gasteiger partial charge in [-0.3, -0.25) is 4.90 Å². The lowest BCUT2D eigenvalue weighted by molar-refractivity contribution is 0.125. The summed E-state index contributed by atoms with van der Waals surface area (Å²) in [5.74, 6) is 0.206. The fourth-order valence-corrected chi connectivity index (χ4v) is 4.76. The van der Waals surface area contributed by atoms with Crippen molar-refractivity contribution in [3.63, 3.8) is 0 Å². The maximum absolute atomic E-state index is 13.9. The molecule has 1 aromatic carbocycles. The zero-order valence-electron chi connectivity index (χ0n) is 16.8. The number of nitrogens with zero attached hydrogens (tertiary/aromatic N) is 2. The van der Waals surface area contributed by atoms with Crippen LogP contribution in [0.2, 0.25) is 0 Å². The first-order valence-corrected chi connectivity index (χ1v) is 10.7. The maximum Gasteiger partial charge on any atom is 0.191 e. The molecular formula is C21H29F2IN4S. The summed E-state index contributed by atoms with van der Waals surface area (Å²) in [6.07, 6.45) is 2.32. The van der Waals surface area contributed by atoms with Gasteiger partial charge in [0, 0.05) is 29.6 Å². The summed E-state index contributed by atoms with van der Waals surface area (Å²) in [6, 6.07) is 8.16. The molecule has 3 rings (SSSR count). The molecule has 8 heteroatoms. The van der Waals surface area contributed by atoms with Gasteiger partial charge in [-0.05, 0) is 68.9 Å². The molecular weight excluding hydrogens is 505 g/mol. The molecule has 1 aromatic heterocycles. The van der Waals surface area contributed by atoms with Crippen LogP contribution < -0.4 is 10.6 Å². The van der Waals surface area contributed by atoms with E-state index < -0.39 is 11.6 Å². The highest BCUT2D eigenvalue weighted by atomic mass is 127. The quantitative estimate of drug-likeness (QED) is 0.319. The van der Waals surface area contributed by atoms with E-state index in [1.54, 1.807) is 11.3 Å². The van der Waals surface area contributed by atoms with Crippen LogP contribution >= 0.6 is 35.3 Å². The Labute approximate surface area is 192 Å². The van der Waals surface area contributed by atoms with E-state index in [0.717, 1.165) is 31.6 Å². The van der Waals surface area contributed by atoms with E-state index in [2.05, 4.69) is 45.1 Å². The van der Waals surface area contributed by atoms with Crippen molar-refractivity contribution in [1.82, 2.24) is 15.5 Å². The average molecular weight is 534 g/mol. The van der Waals surface area contributed by atoms with Crippen molar-refractivity contribution in [3.05, 3.63) is 57.8 Å². The number of likely N-dealkylation sites (tertiary alicyclic amines) is 1. The van der Waals surface area contributed by atoms with Crippen LogP contribution in [0, 0.1) is 17.6 Å². The van der Waals surface area contributed by atoms with Crippen molar-refractivity contribution in [2.24, 2.45) is 10.9 Å². The van der Waals surface area contributed by atoms with Gasteiger partial charge in [-0.1, -0.05) is 6.07 Å². The van der Waals surface area contributed by atoms with Crippen LogP contribution in [0.1, 0.15) is 36.2 Å². The molecule has 0 bridgehead atoms. The van der Waals surface area contributed by atoms with Gasteiger partial charge in [0.05, 0.1) is 6.54 Å². The van der Waals surface area contributed by atoms with E-state index in [1.807, 2.05) is 6.92 Å². The highest BCUT2D eigenvalue weighted by Crippen LogP contribution is 2.36. The second kappa shape index (κ2) is 11.8. The van der Waals surface area contributed by atoms with Crippen molar-refractivity contribution >= 4 is 41.3 Å². The van der Waals surface area contributed by atoms with Gasteiger partial charge < -0.3 is 10.6 Å². The molecule has 1 fully saturated rings. The van der Waals surface area contributed by atoms with Crippen molar-refractivity contribution in [2.75, 3.05) is 26.7 Å². The first-order chi connectivity index (χ1) is 13.6. The normalized spacial score (nSPS) is 20.2. The zero-order chi connectivity index (χ0) is 19.9.